The molecule has 3 rings (SSSR count). The van der Waals surface area contributed by atoms with Gasteiger partial charge >= 0.3 is 0 Å². The minimum atomic E-state index is 0.499. The van der Waals surface area contributed by atoms with Gasteiger partial charge in [-0.1, -0.05) is 55.5 Å². The van der Waals surface area contributed by atoms with Crippen LogP contribution in [0.1, 0.15) is 19.4 Å². The first kappa shape index (κ1) is 18.5. The monoisotopic (exact) mass is 357 g/mol. The van der Waals surface area contributed by atoms with Crippen molar-refractivity contribution < 1.29 is 9.47 Å². The molecule has 0 N–H and O–H groups in total. The van der Waals surface area contributed by atoms with Gasteiger partial charge in [0.2, 0.25) is 5.90 Å². The highest BCUT2D eigenvalue weighted by Gasteiger charge is 2.07. The highest BCUT2D eigenvalue weighted by Crippen LogP contribution is 2.19. The van der Waals surface area contributed by atoms with Gasteiger partial charge in [0.05, 0.1) is 11.9 Å². The smallest absolute Gasteiger partial charge is 0.225 e. The maximum absolute atomic E-state index is 6.02. The van der Waals surface area contributed by atoms with Gasteiger partial charge in [-0.25, -0.2) is 4.99 Å². The van der Waals surface area contributed by atoms with E-state index in [0.29, 0.717) is 5.90 Å². The van der Waals surface area contributed by atoms with Crippen molar-refractivity contribution in [1.82, 2.24) is 0 Å². The zero-order chi connectivity index (χ0) is 18.9. The molecule has 0 aromatic heterocycles. The molecular weight excluding hydrogens is 334 g/mol. The highest BCUT2D eigenvalue weighted by atomic mass is 16.5. The summed E-state index contributed by atoms with van der Waals surface area (Å²) in [5, 5.41) is 0. The Morgan fingerprint density at radius 3 is 2.22 bits per heavy atom. The van der Waals surface area contributed by atoms with E-state index in [4.69, 9.17) is 9.47 Å². The SMILES string of the molecule is CCc1cccc(OC=C(C)C(=Nc2ccccc2)Oc2ccccc2)c1. The standard InChI is InChI=1S/C24H23NO2/c1-3-20-11-10-16-23(17-20)26-18-19(2)24(25-21-12-6-4-7-13-21)27-22-14-8-5-9-15-22/h4-18H,3H2,1-2H3. The first-order valence-electron chi connectivity index (χ1n) is 9.04. The van der Waals surface area contributed by atoms with Gasteiger partial charge in [-0.3, -0.25) is 0 Å². The van der Waals surface area contributed by atoms with Crippen molar-refractivity contribution in [2.24, 2.45) is 4.99 Å². The molecule has 0 heterocycles. The van der Waals surface area contributed by atoms with E-state index >= 15 is 0 Å². The predicted octanol–water partition coefficient (Wildman–Crippen LogP) is 6.34. The van der Waals surface area contributed by atoms with E-state index in [2.05, 4.69) is 18.0 Å². The van der Waals surface area contributed by atoms with Gasteiger partial charge in [0, 0.05) is 5.57 Å². The summed E-state index contributed by atoms with van der Waals surface area (Å²) in [7, 11) is 0. The molecule has 136 valence electrons. The Kier molecular flexibility index (Phi) is 6.42. The number of benzene rings is 3. The average Bonchev–Trinajstić information content (AvgIpc) is 2.73. The van der Waals surface area contributed by atoms with Crippen molar-refractivity contribution in [3.05, 3.63) is 102 Å². The summed E-state index contributed by atoms with van der Waals surface area (Å²) in [5.74, 6) is 2.03. The molecule has 0 fully saturated rings. The van der Waals surface area contributed by atoms with Crippen molar-refractivity contribution in [2.45, 2.75) is 20.3 Å². The van der Waals surface area contributed by atoms with Crippen molar-refractivity contribution in [3.63, 3.8) is 0 Å². The highest BCUT2D eigenvalue weighted by molar-refractivity contribution is 5.96. The van der Waals surface area contributed by atoms with Gasteiger partial charge in [0.1, 0.15) is 11.5 Å². The fraction of sp³-hybridized carbons (Fsp3) is 0.125. The lowest BCUT2D eigenvalue weighted by Crippen LogP contribution is -2.10. The van der Waals surface area contributed by atoms with Gasteiger partial charge in [-0.2, -0.15) is 0 Å². The second kappa shape index (κ2) is 9.39. The van der Waals surface area contributed by atoms with E-state index < -0.39 is 0 Å². The minimum absolute atomic E-state index is 0.499. The summed E-state index contributed by atoms with van der Waals surface area (Å²) < 4.78 is 11.9. The topological polar surface area (TPSA) is 30.8 Å². The fourth-order valence-corrected chi connectivity index (χ4v) is 2.46. The van der Waals surface area contributed by atoms with Gasteiger partial charge in [0.25, 0.3) is 0 Å². The minimum Gasteiger partial charge on any atom is -0.465 e. The van der Waals surface area contributed by atoms with Crippen LogP contribution in [0.5, 0.6) is 11.5 Å². The molecule has 0 aliphatic carbocycles. The molecule has 0 saturated carbocycles. The number of rotatable bonds is 6. The summed E-state index contributed by atoms with van der Waals surface area (Å²) in [6.07, 6.45) is 2.65. The number of nitrogens with zero attached hydrogens (tertiary/aromatic N) is 1. The van der Waals surface area contributed by atoms with Crippen molar-refractivity contribution in [1.29, 1.82) is 0 Å². The zero-order valence-electron chi connectivity index (χ0n) is 15.6. The molecule has 0 aliphatic heterocycles. The second-order valence-electron chi connectivity index (χ2n) is 6.09. The van der Waals surface area contributed by atoms with E-state index in [1.54, 1.807) is 6.26 Å². The molecule has 27 heavy (non-hydrogen) atoms. The average molecular weight is 357 g/mol. The van der Waals surface area contributed by atoms with Crippen LogP contribution in [0.25, 0.3) is 0 Å². The summed E-state index contributed by atoms with van der Waals surface area (Å²) in [5.41, 5.74) is 2.85. The normalized spacial score (nSPS) is 11.9. The van der Waals surface area contributed by atoms with Crippen LogP contribution < -0.4 is 9.47 Å². The number of aryl methyl sites for hydroxylation is 1. The van der Waals surface area contributed by atoms with E-state index in [1.165, 1.54) is 5.56 Å². The predicted molar refractivity (Wildman–Crippen MR) is 111 cm³/mol. The third-order valence-corrected chi connectivity index (χ3v) is 3.96. The Labute approximate surface area is 160 Å². The Morgan fingerprint density at radius 2 is 1.52 bits per heavy atom. The summed E-state index contributed by atoms with van der Waals surface area (Å²) in [6.45, 7) is 4.05. The third kappa shape index (κ3) is 5.58. The maximum Gasteiger partial charge on any atom is 0.225 e. The number of ether oxygens (including phenoxy) is 2. The number of hydrogen-bond donors (Lipinski definition) is 0. The molecule has 0 bridgehead atoms. The summed E-state index contributed by atoms with van der Waals surface area (Å²) in [6, 6.07) is 27.4. The number of para-hydroxylation sites is 2. The van der Waals surface area contributed by atoms with Crippen LogP contribution in [0.2, 0.25) is 0 Å². The number of aliphatic imine (C=N–C) groups is 1. The molecule has 3 aromatic carbocycles. The summed E-state index contributed by atoms with van der Waals surface area (Å²) >= 11 is 0. The quantitative estimate of drug-likeness (QED) is 0.293. The molecule has 0 radical (unpaired) electrons. The molecular formula is C24H23NO2. The van der Waals surface area contributed by atoms with Crippen LogP contribution in [0.15, 0.2) is 102 Å². The van der Waals surface area contributed by atoms with Crippen LogP contribution in [0.3, 0.4) is 0 Å². The first-order valence-corrected chi connectivity index (χ1v) is 9.04. The van der Waals surface area contributed by atoms with E-state index in [0.717, 1.165) is 29.2 Å². The van der Waals surface area contributed by atoms with Gasteiger partial charge in [0.15, 0.2) is 0 Å². The fourth-order valence-electron chi connectivity index (χ4n) is 2.46. The molecule has 0 unspecified atom stereocenters. The lowest BCUT2D eigenvalue weighted by molar-refractivity contribution is 0.473. The second-order valence-corrected chi connectivity index (χ2v) is 6.09. The van der Waals surface area contributed by atoms with Crippen LogP contribution in [-0.4, -0.2) is 5.90 Å². The lowest BCUT2D eigenvalue weighted by Gasteiger charge is -2.10. The Bertz CT molecular complexity index is 915. The van der Waals surface area contributed by atoms with Crippen LogP contribution in [-0.2, 0) is 6.42 Å². The number of hydrogen-bond acceptors (Lipinski definition) is 3. The molecule has 3 aromatic rings. The van der Waals surface area contributed by atoms with Crippen LogP contribution in [0, 0.1) is 0 Å². The van der Waals surface area contributed by atoms with Crippen LogP contribution >= 0.6 is 0 Å². The van der Waals surface area contributed by atoms with Gasteiger partial charge < -0.3 is 9.47 Å². The summed E-state index contributed by atoms with van der Waals surface area (Å²) in [4.78, 5) is 4.65. The van der Waals surface area contributed by atoms with Crippen LogP contribution in [0.4, 0.5) is 5.69 Å². The molecule has 0 saturated heterocycles. The zero-order valence-corrected chi connectivity index (χ0v) is 15.6. The maximum atomic E-state index is 6.02. The molecule has 3 heteroatoms. The van der Waals surface area contributed by atoms with Crippen molar-refractivity contribution in [3.8, 4) is 11.5 Å². The lowest BCUT2D eigenvalue weighted by atomic mass is 10.2. The van der Waals surface area contributed by atoms with Gasteiger partial charge in [-0.15, -0.1) is 0 Å². The third-order valence-electron chi connectivity index (χ3n) is 3.96. The molecule has 0 aliphatic rings. The molecule has 0 atom stereocenters. The van der Waals surface area contributed by atoms with E-state index in [-0.39, 0.29) is 0 Å². The molecule has 3 nitrogen and oxygen atoms in total. The Hall–Kier alpha value is -3.33. The van der Waals surface area contributed by atoms with E-state index in [1.807, 2.05) is 85.8 Å². The molecule has 0 spiro atoms. The largest absolute Gasteiger partial charge is 0.465 e. The Balaban J connectivity index is 1.85. The van der Waals surface area contributed by atoms with Crippen molar-refractivity contribution in [2.75, 3.05) is 0 Å². The van der Waals surface area contributed by atoms with Crippen molar-refractivity contribution >= 4 is 11.6 Å². The van der Waals surface area contributed by atoms with Gasteiger partial charge in [-0.05, 0) is 55.3 Å². The molecule has 0 amide bonds. The van der Waals surface area contributed by atoms with E-state index in [9.17, 15) is 0 Å². The Morgan fingerprint density at radius 1 is 0.852 bits per heavy atom. The first-order chi connectivity index (χ1) is 13.2.